The summed E-state index contributed by atoms with van der Waals surface area (Å²) < 4.78 is 0. The maximum atomic E-state index is 9.52. The minimum atomic E-state index is -0.0472. The fraction of sp³-hybridized carbons (Fsp3) is 0.444. The molecule has 5 nitrogen and oxygen atoms in total. The summed E-state index contributed by atoms with van der Waals surface area (Å²) in [5.74, 6) is 2.22. The second-order valence-electron chi connectivity index (χ2n) is 6.44. The molecule has 3 N–H and O–H groups in total. The molecule has 0 radical (unpaired) electrons. The van der Waals surface area contributed by atoms with E-state index in [0.29, 0.717) is 17.8 Å². The summed E-state index contributed by atoms with van der Waals surface area (Å²) in [6, 6.07) is 12.0. The molecule has 0 amide bonds. The molecule has 2 aromatic rings. The molecule has 5 heteroatoms. The summed E-state index contributed by atoms with van der Waals surface area (Å²) in [5.41, 5.74) is 2.07. The molecule has 3 rings (SSSR count). The quantitative estimate of drug-likeness (QED) is 0.729. The molecule has 0 spiro atoms. The van der Waals surface area contributed by atoms with Crippen molar-refractivity contribution in [2.75, 3.05) is 17.2 Å². The predicted octanol–water partition coefficient (Wildman–Crippen LogP) is 3.53. The van der Waals surface area contributed by atoms with E-state index in [-0.39, 0.29) is 12.6 Å². The van der Waals surface area contributed by atoms with Crippen LogP contribution in [0.25, 0.3) is 0 Å². The topological polar surface area (TPSA) is 70.1 Å². The first-order valence-electron chi connectivity index (χ1n) is 8.24. The highest BCUT2D eigenvalue weighted by atomic mass is 16.3. The molecule has 1 aliphatic carbocycles. The molecular formula is C18H24N4O. The molecule has 0 saturated heterocycles. The molecule has 1 aromatic carbocycles. The number of nitrogens with zero attached hydrogens (tertiary/aromatic N) is 2. The van der Waals surface area contributed by atoms with E-state index >= 15 is 0 Å². The fourth-order valence-electron chi connectivity index (χ4n) is 2.44. The van der Waals surface area contributed by atoms with Crippen molar-refractivity contribution in [3.8, 4) is 0 Å². The summed E-state index contributed by atoms with van der Waals surface area (Å²) in [5, 5.41) is 16.1. The number of nitrogens with one attached hydrogen (secondary N) is 2. The first-order valence-corrected chi connectivity index (χ1v) is 8.24. The van der Waals surface area contributed by atoms with Crippen LogP contribution in [0.2, 0.25) is 0 Å². The van der Waals surface area contributed by atoms with Crippen molar-refractivity contribution in [3.63, 3.8) is 0 Å². The third kappa shape index (κ3) is 4.20. The first-order chi connectivity index (χ1) is 11.2. The summed E-state index contributed by atoms with van der Waals surface area (Å²) in [4.78, 5) is 9.20. The van der Waals surface area contributed by atoms with Gasteiger partial charge in [-0.1, -0.05) is 32.0 Å². The lowest BCUT2D eigenvalue weighted by Gasteiger charge is -2.20. The lowest BCUT2D eigenvalue weighted by molar-refractivity contribution is 0.248. The molecule has 23 heavy (non-hydrogen) atoms. The largest absolute Gasteiger partial charge is 0.394 e. The van der Waals surface area contributed by atoms with Gasteiger partial charge in [0.25, 0.3) is 0 Å². The van der Waals surface area contributed by atoms with Crippen LogP contribution in [-0.2, 0) is 0 Å². The zero-order chi connectivity index (χ0) is 16.2. The van der Waals surface area contributed by atoms with E-state index in [1.807, 2.05) is 36.4 Å². The standard InChI is InChI=1S/C18H24N4O/c1-12(2)16(11-23)21-18-20-15(13-8-9-13)10-17(22-18)19-14-6-4-3-5-7-14/h3-7,10,12-13,16,23H,8-9,11H2,1-2H3,(H2,19,20,21,22)/t16-/m0/s1. The molecule has 1 fully saturated rings. The molecular weight excluding hydrogens is 288 g/mol. The van der Waals surface area contributed by atoms with Crippen molar-refractivity contribution < 1.29 is 5.11 Å². The van der Waals surface area contributed by atoms with E-state index in [4.69, 9.17) is 0 Å². The molecule has 1 aromatic heterocycles. The molecule has 0 bridgehead atoms. The van der Waals surface area contributed by atoms with Gasteiger partial charge in [-0.05, 0) is 30.9 Å². The van der Waals surface area contributed by atoms with Gasteiger partial charge in [-0.25, -0.2) is 4.98 Å². The van der Waals surface area contributed by atoms with Gasteiger partial charge in [-0.15, -0.1) is 0 Å². The molecule has 122 valence electrons. The van der Waals surface area contributed by atoms with Crippen molar-refractivity contribution in [1.29, 1.82) is 0 Å². The molecule has 0 unspecified atom stereocenters. The molecule has 1 atom stereocenters. The Kier molecular flexibility index (Phi) is 4.76. The van der Waals surface area contributed by atoms with E-state index in [2.05, 4.69) is 34.4 Å². The van der Waals surface area contributed by atoms with Crippen molar-refractivity contribution in [2.45, 2.75) is 38.6 Å². The number of rotatable bonds is 7. The highest BCUT2D eigenvalue weighted by molar-refractivity contribution is 5.57. The van der Waals surface area contributed by atoms with Crippen LogP contribution in [0.4, 0.5) is 17.5 Å². The Labute approximate surface area is 137 Å². The smallest absolute Gasteiger partial charge is 0.225 e. The molecule has 1 saturated carbocycles. The average molecular weight is 312 g/mol. The van der Waals surface area contributed by atoms with Gasteiger partial charge in [-0.3, -0.25) is 0 Å². The van der Waals surface area contributed by atoms with E-state index in [1.54, 1.807) is 0 Å². The van der Waals surface area contributed by atoms with E-state index < -0.39 is 0 Å². The second kappa shape index (κ2) is 6.96. The highest BCUT2D eigenvalue weighted by Gasteiger charge is 2.26. The maximum Gasteiger partial charge on any atom is 0.225 e. The number of aliphatic hydroxyl groups is 1. The van der Waals surface area contributed by atoms with Crippen LogP contribution in [0.15, 0.2) is 36.4 Å². The highest BCUT2D eigenvalue weighted by Crippen LogP contribution is 2.40. The summed E-state index contributed by atoms with van der Waals surface area (Å²) in [6.45, 7) is 4.21. The van der Waals surface area contributed by atoms with Crippen LogP contribution in [0.1, 0.15) is 38.3 Å². The van der Waals surface area contributed by atoms with Gasteiger partial charge < -0.3 is 15.7 Å². The Morgan fingerprint density at radius 2 is 1.91 bits per heavy atom. The van der Waals surface area contributed by atoms with Gasteiger partial charge in [0.2, 0.25) is 5.95 Å². The van der Waals surface area contributed by atoms with E-state index in [1.165, 1.54) is 12.8 Å². The number of hydrogen-bond donors (Lipinski definition) is 3. The summed E-state index contributed by atoms with van der Waals surface area (Å²) >= 11 is 0. The zero-order valence-electron chi connectivity index (χ0n) is 13.7. The lowest BCUT2D eigenvalue weighted by Crippen LogP contribution is -2.30. The molecule has 0 aliphatic heterocycles. The van der Waals surface area contributed by atoms with Gasteiger partial charge in [0.15, 0.2) is 0 Å². The minimum Gasteiger partial charge on any atom is -0.394 e. The van der Waals surface area contributed by atoms with Gasteiger partial charge >= 0.3 is 0 Å². The van der Waals surface area contributed by atoms with E-state index in [0.717, 1.165) is 17.2 Å². The van der Waals surface area contributed by atoms with Crippen molar-refractivity contribution >= 4 is 17.5 Å². The van der Waals surface area contributed by atoms with Crippen LogP contribution >= 0.6 is 0 Å². The van der Waals surface area contributed by atoms with Crippen molar-refractivity contribution in [1.82, 2.24) is 9.97 Å². The van der Waals surface area contributed by atoms with Crippen molar-refractivity contribution in [3.05, 3.63) is 42.1 Å². The van der Waals surface area contributed by atoms with Gasteiger partial charge in [0, 0.05) is 17.7 Å². The summed E-state index contributed by atoms with van der Waals surface area (Å²) in [7, 11) is 0. The number of aromatic nitrogens is 2. The van der Waals surface area contributed by atoms with Crippen LogP contribution in [0.5, 0.6) is 0 Å². The Balaban J connectivity index is 1.84. The Hall–Kier alpha value is -2.14. The fourth-order valence-corrected chi connectivity index (χ4v) is 2.44. The number of aliphatic hydroxyl groups excluding tert-OH is 1. The van der Waals surface area contributed by atoms with Crippen LogP contribution in [0.3, 0.4) is 0 Å². The van der Waals surface area contributed by atoms with Crippen LogP contribution in [0, 0.1) is 5.92 Å². The van der Waals surface area contributed by atoms with Gasteiger partial charge in [0.1, 0.15) is 5.82 Å². The third-order valence-electron chi connectivity index (χ3n) is 4.10. The normalized spacial score (nSPS) is 15.5. The average Bonchev–Trinajstić information content (AvgIpc) is 3.38. The number of para-hydroxylation sites is 1. The minimum absolute atomic E-state index is 0.0472. The lowest BCUT2D eigenvalue weighted by atomic mass is 10.1. The monoisotopic (exact) mass is 312 g/mol. The molecule has 1 aliphatic rings. The van der Waals surface area contributed by atoms with E-state index in [9.17, 15) is 5.11 Å². The third-order valence-corrected chi connectivity index (χ3v) is 4.10. The second-order valence-corrected chi connectivity index (χ2v) is 6.44. The Bertz CT molecular complexity index is 641. The Morgan fingerprint density at radius 1 is 1.17 bits per heavy atom. The number of anilines is 3. The van der Waals surface area contributed by atoms with Crippen LogP contribution in [-0.4, -0.2) is 27.7 Å². The summed E-state index contributed by atoms with van der Waals surface area (Å²) in [6.07, 6.45) is 2.38. The van der Waals surface area contributed by atoms with Gasteiger partial charge in [-0.2, -0.15) is 4.98 Å². The Morgan fingerprint density at radius 3 is 2.52 bits per heavy atom. The maximum absolute atomic E-state index is 9.52. The first kappa shape index (κ1) is 15.7. The van der Waals surface area contributed by atoms with Crippen molar-refractivity contribution in [2.24, 2.45) is 5.92 Å². The number of hydrogen-bond acceptors (Lipinski definition) is 5. The zero-order valence-corrected chi connectivity index (χ0v) is 13.7. The predicted molar refractivity (Wildman–Crippen MR) is 93.1 cm³/mol. The van der Waals surface area contributed by atoms with Gasteiger partial charge in [0.05, 0.1) is 18.3 Å². The number of benzene rings is 1. The van der Waals surface area contributed by atoms with Crippen LogP contribution < -0.4 is 10.6 Å². The SMILES string of the molecule is CC(C)[C@H](CO)Nc1nc(Nc2ccccc2)cc(C2CC2)n1. The molecule has 1 heterocycles.